The van der Waals surface area contributed by atoms with Crippen LogP contribution in [0.5, 0.6) is 0 Å². The summed E-state index contributed by atoms with van der Waals surface area (Å²) in [4.78, 5) is 4.56. The first-order valence-electron chi connectivity index (χ1n) is 7.55. The average molecular weight is 315 g/mol. The van der Waals surface area contributed by atoms with Crippen molar-refractivity contribution >= 4 is 43.4 Å². The van der Waals surface area contributed by atoms with Crippen molar-refractivity contribution in [3.63, 3.8) is 0 Å². The number of aromatic nitrogens is 1. The minimum Gasteiger partial charge on any atom is -0.455 e. The van der Waals surface area contributed by atoms with Crippen LogP contribution in [0.2, 0.25) is 0 Å². The van der Waals surface area contributed by atoms with Crippen LogP contribution in [0.3, 0.4) is 0 Å². The number of nitrogens with zero attached hydrogens (tertiary/aromatic N) is 1. The highest BCUT2D eigenvalue weighted by Crippen LogP contribution is 2.37. The molecule has 0 unspecified atom stereocenters. The van der Waals surface area contributed by atoms with E-state index in [0.29, 0.717) is 0 Å². The summed E-state index contributed by atoms with van der Waals surface area (Å²) in [5.41, 5.74) is 5.00. The first-order chi connectivity index (χ1) is 11.3. The van der Waals surface area contributed by atoms with Gasteiger partial charge in [0.15, 0.2) is 0 Å². The molecule has 2 nitrogen and oxygen atoms in total. The minimum absolute atomic E-state index is 0.913. The van der Waals surface area contributed by atoms with E-state index in [1.807, 2.05) is 13.1 Å². The Morgan fingerprint density at radius 1 is 1.00 bits per heavy atom. The van der Waals surface area contributed by atoms with Gasteiger partial charge in [-0.15, -0.1) is 11.3 Å². The number of thiophene rings is 1. The van der Waals surface area contributed by atoms with E-state index in [-0.39, 0.29) is 0 Å². The number of aryl methyl sites for hydroxylation is 1. The molecule has 3 heteroatoms. The van der Waals surface area contributed by atoms with Crippen LogP contribution in [0, 0.1) is 6.92 Å². The molecule has 110 valence electrons. The van der Waals surface area contributed by atoms with Gasteiger partial charge in [-0.3, -0.25) is 4.98 Å². The van der Waals surface area contributed by atoms with Gasteiger partial charge in [0.05, 0.1) is 5.69 Å². The van der Waals surface area contributed by atoms with Crippen molar-refractivity contribution in [2.45, 2.75) is 6.92 Å². The SMILES string of the molecule is Cc1ccc(-c2cccc3c2oc2cc4sccc4cc23)nc1. The van der Waals surface area contributed by atoms with Gasteiger partial charge in [-0.2, -0.15) is 0 Å². The van der Waals surface area contributed by atoms with Crippen LogP contribution in [-0.2, 0) is 0 Å². The molecule has 0 saturated heterocycles. The Kier molecular flexibility index (Phi) is 2.61. The molecule has 0 aliphatic rings. The molecule has 0 aliphatic heterocycles. The van der Waals surface area contributed by atoms with Crippen LogP contribution < -0.4 is 0 Å². The molecule has 0 atom stereocenters. The monoisotopic (exact) mass is 315 g/mol. The van der Waals surface area contributed by atoms with Crippen LogP contribution in [-0.4, -0.2) is 4.98 Å². The topological polar surface area (TPSA) is 26.0 Å². The second-order valence-electron chi connectivity index (χ2n) is 5.81. The molecule has 5 aromatic rings. The maximum atomic E-state index is 6.21. The lowest BCUT2D eigenvalue weighted by atomic mass is 10.1. The predicted octanol–water partition coefficient (Wildman–Crippen LogP) is 6.17. The maximum absolute atomic E-state index is 6.21. The molecule has 0 bridgehead atoms. The highest BCUT2D eigenvalue weighted by Gasteiger charge is 2.13. The Morgan fingerprint density at radius 3 is 2.83 bits per heavy atom. The molecule has 23 heavy (non-hydrogen) atoms. The molecular weight excluding hydrogens is 302 g/mol. The average Bonchev–Trinajstić information content (AvgIpc) is 3.16. The van der Waals surface area contributed by atoms with Gasteiger partial charge in [0.25, 0.3) is 0 Å². The molecule has 0 N–H and O–H groups in total. The van der Waals surface area contributed by atoms with E-state index < -0.39 is 0 Å². The fraction of sp³-hybridized carbons (Fsp3) is 0.0500. The maximum Gasteiger partial charge on any atom is 0.144 e. The Bertz CT molecular complexity index is 1170. The predicted molar refractivity (Wildman–Crippen MR) is 97.1 cm³/mol. The highest BCUT2D eigenvalue weighted by atomic mass is 32.1. The number of fused-ring (bicyclic) bond motifs is 4. The second-order valence-corrected chi connectivity index (χ2v) is 6.76. The zero-order valence-corrected chi connectivity index (χ0v) is 13.4. The molecule has 2 aromatic carbocycles. The van der Waals surface area contributed by atoms with E-state index >= 15 is 0 Å². The summed E-state index contributed by atoms with van der Waals surface area (Å²) in [5.74, 6) is 0. The summed E-state index contributed by atoms with van der Waals surface area (Å²) in [7, 11) is 0. The third-order valence-corrected chi connectivity index (χ3v) is 5.14. The smallest absolute Gasteiger partial charge is 0.144 e. The number of pyridine rings is 1. The van der Waals surface area contributed by atoms with Crippen LogP contribution in [0.15, 0.2) is 64.5 Å². The fourth-order valence-corrected chi connectivity index (χ4v) is 3.88. The second kappa shape index (κ2) is 4.67. The summed E-state index contributed by atoms with van der Waals surface area (Å²) >= 11 is 1.74. The Morgan fingerprint density at radius 2 is 1.96 bits per heavy atom. The molecule has 0 amide bonds. The lowest BCUT2D eigenvalue weighted by Crippen LogP contribution is -1.84. The Labute approximate surface area is 137 Å². The number of rotatable bonds is 1. The van der Waals surface area contributed by atoms with Crippen molar-refractivity contribution in [1.82, 2.24) is 4.98 Å². The van der Waals surface area contributed by atoms with Gasteiger partial charge >= 0.3 is 0 Å². The van der Waals surface area contributed by atoms with Gasteiger partial charge in [-0.1, -0.05) is 18.2 Å². The van der Waals surface area contributed by atoms with Crippen molar-refractivity contribution in [1.29, 1.82) is 0 Å². The van der Waals surface area contributed by atoms with Gasteiger partial charge < -0.3 is 4.42 Å². The summed E-state index contributed by atoms with van der Waals surface area (Å²) in [6.45, 7) is 2.05. The van der Waals surface area contributed by atoms with E-state index in [1.54, 1.807) is 11.3 Å². The van der Waals surface area contributed by atoms with E-state index in [2.05, 4.69) is 58.9 Å². The summed E-state index contributed by atoms with van der Waals surface area (Å²) in [6.07, 6.45) is 1.90. The van der Waals surface area contributed by atoms with Crippen molar-refractivity contribution in [2.75, 3.05) is 0 Å². The number of benzene rings is 2. The van der Waals surface area contributed by atoms with Crippen LogP contribution in [0.25, 0.3) is 43.3 Å². The Hall–Kier alpha value is -2.65. The number of hydrogen-bond acceptors (Lipinski definition) is 3. The van der Waals surface area contributed by atoms with Crippen molar-refractivity contribution in [3.05, 3.63) is 65.7 Å². The first kappa shape index (κ1) is 12.9. The highest BCUT2D eigenvalue weighted by molar-refractivity contribution is 7.17. The summed E-state index contributed by atoms with van der Waals surface area (Å²) in [6, 6.07) is 16.9. The van der Waals surface area contributed by atoms with E-state index in [0.717, 1.165) is 33.4 Å². The molecule has 0 saturated carbocycles. The summed E-state index contributed by atoms with van der Waals surface area (Å²) in [5, 5.41) is 5.70. The Balaban J connectivity index is 1.87. The van der Waals surface area contributed by atoms with E-state index in [9.17, 15) is 0 Å². The van der Waals surface area contributed by atoms with E-state index in [4.69, 9.17) is 4.42 Å². The third-order valence-electron chi connectivity index (χ3n) is 4.26. The molecule has 0 radical (unpaired) electrons. The minimum atomic E-state index is 0.913. The van der Waals surface area contributed by atoms with E-state index in [1.165, 1.54) is 15.5 Å². The van der Waals surface area contributed by atoms with Crippen LogP contribution >= 0.6 is 11.3 Å². The molecule has 3 heterocycles. The fourth-order valence-electron chi connectivity index (χ4n) is 3.08. The molecular formula is C20H13NOS. The molecule has 0 fully saturated rings. The standard InChI is InChI=1S/C20H13NOS/c1-12-5-6-17(21-11-12)15-4-2-3-14-16-9-13-7-8-23-19(13)10-18(16)22-20(14)15/h2-11H,1H3. The first-order valence-corrected chi connectivity index (χ1v) is 8.43. The van der Waals surface area contributed by atoms with Crippen LogP contribution in [0.4, 0.5) is 0 Å². The molecule has 3 aromatic heterocycles. The molecule has 0 spiro atoms. The normalized spacial score (nSPS) is 11.7. The van der Waals surface area contributed by atoms with Gasteiger partial charge in [0, 0.05) is 27.2 Å². The zero-order valence-electron chi connectivity index (χ0n) is 12.5. The zero-order chi connectivity index (χ0) is 15.4. The lowest BCUT2D eigenvalue weighted by Gasteiger charge is -2.02. The van der Waals surface area contributed by atoms with Gasteiger partial charge in [-0.25, -0.2) is 0 Å². The van der Waals surface area contributed by atoms with Gasteiger partial charge in [0.2, 0.25) is 0 Å². The van der Waals surface area contributed by atoms with Crippen molar-refractivity contribution in [3.8, 4) is 11.3 Å². The lowest BCUT2D eigenvalue weighted by molar-refractivity contribution is 0.670. The molecule has 0 aliphatic carbocycles. The quantitative estimate of drug-likeness (QED) is 0.369. The van der Waals surface area contributed by atoms with Crippen molar-refractivity contribution in [2.24, 2.45) is 0 Å². The number of para-hydroxylation sites is 1. The summed E-state index contributed by atoms with van der Waals surface area (Å²) < 4.78 is 7.47. The van der Waals surface area contributed by atoms with Crippen LogP contribution in [0.1, 0.15) is 5.56 Å². The number of hydrogen-bond donors (Lipinski definition) is 0. The van der Waals surface area contributed by atoms with Gasteiger partial charge in [-0.05, 0) is 53.6 Å². The third kappa shape index (κ3) is 1.90. The number of furan rings is 1. The van der Waals surface area contributed by atoms with Gasteiger partial charge in [0.1, 0.15) is 11.2 Å². The largest absolute Gasteiger partial charge is 0.455 e. The molecule has 5 rings (SSSR count). The van der Waals surface area contributed by atoms with Crippen molar-refractivity contribution < 1.29 is 4.42 Å².